The summed E-state index contributed by atoms with van der Waals surface area (Å²) < 4.78 is 39.3. The molecule has 0 bridgehead atoms. The Kier molecular flexibility index (Phi) is 8.11. The first-order valence-corrected chi connectivity index (χ1v) is 12.0. The Hall–Kier alpha value is -4.59. The summed E-state index contributed by atoms with van der Waals surface area (Å²) in [6, 6.07) is 14.9. The van der Waals surface area contributed by atoms with E-state index in [4.69, 9.17) is 14.5 Å². The van der Waals surface area contributed by atoms with Crippen molar-refractivity contribution in [2.45, 2.75) is 27.3 Å². The summed E-state index contributed by atoms with van der Waals surface area (Å²) in [4.78, 5) is 17.6. The Morgan fingerprint density at radius 1 is 1.11 bits per heavy atom. The van der Waals surface area contributed by atoms with Crippen LogP contribution in [0.25, 0.3) is 22.3 Å². The summed E-state index contributed by atoms with van der Waals surface area (Å²) >= 11 is 0. The highest BCUT2D eigenvalue weighted by Gasteiger charge is 2.21. The lowest BCUT2D eigenvalue weighted by Crippen LogP contribution is -2.08. The van der Waals surface area contributed by atoms with E-state index < -0.39 is 5.97 Å². The molecule has 4 aromatic rings. The second-order valence-corrected chi connectivity index (χ2v) is 8.50. The molecule has 2 aromatic heterocycles. The lowest BCUT2D eigenvalue weighted by atomic mass is 10.1. The summed E-state index contributed by atoms with van der Waals surface area (Å²) in [5.41, 5.74) is 3.58. The van der Waals surface area contributed by atoms with Crippen LogP contribution in [0.15, 0.2) is 91.0 Å². The van der Waals surface area contributed by atoms with Crippen molar-refractivity contribution in [1.29, 1.82) is 0 Å². The highest BCUT2D eigenvalue weighted by Crippen LogP contribution is 2.29. The van der Waals surface area contributed by atoms with E-state index in [0.29, 0.717) is 51.6 Å². The highest BCUT2D eigenvalue weighted by atomic mass is 19.1. The van der Waals surface area contributed by atoms with Crippen molar-refractivity contribution >= 4 is 17.0 Å². The van der Waals surface area contributed by atoms with Gasteiger partial charge >= 0.3 is 5.97 Å². The molecule has 0 unspecified atom stereocenters. The highest BCUT2D eigenvalue weighted by molar-refractivity contribution is 6.05. The minimum Gasteiger partial charge on any atom is -0.462 e. The van der Waals surface area contributed by atoms with Crippen LogP contribution in [0.4, 0.5) is 8.78 Å². The topological polar surface area (TPSA) is 66.2 Å². The molecule has 2 aromatic carbocycles. The van der Waals surface area contributed by atoms with Gasteiger partial charge in [-0.15, -0.1) is 0 Å². The van der Waals surface area contributed by atoms with Crippen molar-refractivity contribution in [2.75, 3.05) is 6.61 Å². The van der Waals surface area contributed by atoms with E-state index in [2.05, 4.69) is 11.7 Å². The van der Waals surface area contributed by atoms with Gasteiger partial charge in [-0.25, -0.2) is 23.2 Å². The molecule has 0 aliphatic heterocycles. The third kappa shape index (κ3) is 6.03. The number of nitrogens with zero attached hydrogens (tertiary/aromatic N) is 3. The van der Waals surface area contributed by atoms with E-state index in [1.54, 1.807) is 41.9 Å². The molecule has 0 saturated heterocycles. The standard InChI is InChI=1S/C30H27F2N3O3/c1-5-24(14-7-19(3)31)38-25-15-8-21(9-16-25)18-35-29-28(20(4)34-35)26(30(36)37-6-2)17-27(33-29)22-10-12-23(32)13-11-22/h5,7-17H,1,6,18H2,2-4H3/b19-7+,24-14+. The molecule has 0 N–H and O–H groups in total. The maximum Gasteiger partial charge on any atom is 0.339 e. The van der Waals surface area contributed by atoms with Gasteiger partial charge in [0.2, 0.25) is 0 Å². The lowest BCUT2D eigenvalue weighted by Gasteiger charge is -2.10. The number of ether oxygens (including phenoxy) is 2. The van der Waals surface area contributed by atoms with Gasteiger partial charge < -0.3 is 9.47 Å². The number of fused-ring (bicyclic) bond motifs is 1. The van der Waals surface area contributed by atoms with E-state index in [1.165, 1.54) is 37.3 Å². The predicted octanol–water partition coefficient (Wildman–Crippen LogP) is 7.09. The second kappa shape index (κ2) is 11.6. The fraction of sp³-hybridized carbons (Fsp3) is 0.167. The minimum atomic E-state index is -0.476. The van der Waals surface area contributed by atoms with Gasteiger partial charge in [0, 0.05) is 5.56 Å². The average Bonchev–Trinajstić information content (AvgIpc) is 3.22. The van der Waals surface area contributed by atoms with Gasteiger partial charge in [0.25, 0.3) is 0 Å². The number of hydrogen-bond acceptors (Lipinski definition) is 5. The maximum atomic E-state index is 13.5. The number of aromatic nitrogens is 3. The summed E-state index contributed by atoms with van der Waals surface area (Å²) in [6.07, 6.45) is 4.30. The first kappa shape index (κ1) is 26.5. The summed E-state index contributed by atoms with van der Waals surface area (Å²) in [5, 5.41) is 5.26. The molecule has 0 amide bonds. The minimum absolute atomic E-state index is 0.225. The fourth-order valence-corrected chi connectivity index (χ4v) is 3.91. The number of pyridine rings is 1. The van der Waals surface area contributed by atoms with Crippen molar-refractivity contribution in [3.05, 3.63) is 114 Å². The summed E-state index contributed by atoms with van der Waals surface area (Å²) in [7, 11) is 0. The first-order valence-electron chi connectivity index (χ1n) is 12.0. The molecule has 8 heteroatoms. The Morgan fingerprint density at radius 3 is 2.45 bits per heavy atom. The van der Waals surface area contributed by atoms with Gasteiger partial charge in [-0.05, 0) is 87.0 Å². The summed E-state index contributed by atoms with van der Waals surface area (Å²) in [5.74, 6) is -0.206. The molecule has 6 nitrogen and oxygen atoms in total. The number of halogens is 2. The fourth-order valence-electron chi connectivity index (χ4n) is 3.91. The maximum absolute atomic E-state index is 13.5. The number of aryl methyl sites for hydroxylation is 1. The number of benzene rings is 2. The molecule has 194 valence electrons. The summed E-state index contributed by atoms with van der Waals surface area (Å²) in [6.45, 7) is 9.19. The predicted molar refractivity (Wildman–Crippen MR) is 143 cm³/mol. The normalized spacial score (nSPS) is 12.0. The van der Waals surface area contributed by atoms with Crippen molar-refractivity contribution in [2.24, 2.45) is 0 Å². The molecule has 0 radical (unpaired) electrons. The van der Waals surface area contributed by atoms with Gasteiger partial charge in [0.15, 0.2) is 5.65 Å². The SMILES string of the molecule is C=C/C(=C\C=C(/C)F)Oc1ccc(Cn2nc(C)c3c(C(=O)OCC)cc(-c4ccc(F)cc4)nc32)cc1. The van der Waals surface area contributed by atoms with Crippen LogP contribution in [0.5, 0.6) is 5.75 Å². The van der Waals surface area contributed by atoms with Crippen LogP contribution in [0, 0.1) is 12.7 Å². The van der Waals surface area contributed by atoms with Gasteiger partial charge in [0.1, 0.15) is 17.3 Å². The largest absolute Gasteiger partial charge is 0.462 e. The van der Waals surface area contributed by atoms with Crippen LogP contribution in [0.2, 0.25) is 0 Å². The molecule has 4 rings (SSSR count). The van der Waals surface area contributed by atoms with Crippen LogP contribution in [0.3, 0.4) is 0 Å². The third-order valence-corrected chi connectivity index (χ3v) is 5.68. The zero-order valence-electron chi connectivity index (χ0n) is 21.4. The van der Waals surface area contributed by atoms with Gasteiger partial charge in [0.05, 0.1) is 41.3 Å². The van der Waals surface area contributed by atoms with Crippen LogP contribution in [-0.4, -0.2) is 27.3 Å². The van der Waals surface area contributed by atoms with Crippen LogP contribution >= 0.6 is 0 Å². The average molecular weight is 516 g/mol. The molecule has 0 aliphatic carbocycles. The Balaban J connectivity index is 1.70. The second-order valence-electron chi connectivity index (χ2n) is 8.50. The molecular weight excluding hydrogens is 488 g/mol. The Bertz CT molecular complexity index is 1530. The number of allylic oxidation sites excluding steroid dienone is 4. The Labute approximate surface area is 219 Å². The third-order valence-electron chi connectivity index (χ3n) is 5.68. The van der Waals surface area contributed by atoms with E-state index in [0.717, 1.165) is 5.56 Å². The van der Waals surface area contributed by atoms with Gasteiger partial charge in [-0.2, -0.15) is 5.10 Å². The van der Waals surface area contributed by atoms with Crippen molar-refractivity contribution < 1.29 is 23.0 Å². The molecule has 0 atom stereocenters. The van der Waals surface area contributed by atoms with Crippen molar-refractivity contribution in [3.8, 4) is 17.0 Å². The number of rotatable bonds is 9. The monoisotopic (exact) mass is 515 g/mol. The number of carbonyl (C=O) groups is 1. The molecule has 0 spiro atoms. The van der Waals surface area contributed by atoms with Gasteiger partial charge in [-0.1, -0.05) is 18.7 Å². The lowest BCUT2D eigenvalue weighted by molar-refractivity contribution is 0.0528. The van der Waals surface area contributed by atoms with E-state index in [-0.39, 0.29) is 18.3 Å². The molecule has 0 aliphatic rings. The molecule has 0 saturated carbocycles. The van der Waals surface area contributed by atoms with Crippen LogP contribution in [-0.2, 0) is 11.3 Å². The quantitative estimate of drug-likeness (QED) is 0.135. The molecule has 38 heavy (non-hydrogen) atoms. The Morgan fingerprint density at radius 2 is 1.82 bits per heavy atom. The van der Waals surface area contributed by atoms with Crippen LogP contribution in [0.1, 0.15) is 35.5 Å². The zero-order valence-corrected chi connectivity index (χ0v) is 21.4. The number of hydrogen-bond donors (Lipinski definition) is 0. The molecule has 2 heterocycles. The van der Waals surface area contributed by atoms with Crippen molar-refractivity contribution in [3.63, 3.8) is 0 Å². The number of esters is 1. The van der Waals surface area contributed by atoms with E-state index >= 15 is 0 Å². The zero-order chi connectivity index (χ0) is 27.2. The van der Waals surface area contributed by atoms with Gasteiger partial charge in [-0.3, -0.25) is 0 Å². The van der Waals surface area contributed by atoms with Crippen LogP contribution < -0.4 is 4.74 Å². The van der Waals surface area contributed by atoms with Crippen molar-refractivity contribution in [1.82, 2.24) is 14.8 Å². The van der Waals surface area contributed by atoms with E-state index in [1.807, 2.05) is 19.1 Å². The smallest absolute Gasteiger partial charge is 0.339 e. The first-order chi connectivity index (χ1) is 18.3. The number of carbonyl (C=O) groups excluding carboxylic acids is 1. The molecular formula is C30H27F2N3O3. The van der Waals surface area contributed by atoms with E-state index in [9.17, 15) is 13.6 Å². The molecule has 0 fully saturated rings.